The first kappa shape index (κ1) is 7.59. The molecule has 1 heterocycles. The summed E-state index contributed by atoms with van der Waals surface area (Å²) in [5.74, 6) is -0.986. The molecular formula is C6H5FN2O2. The number of aromatic nitrogens is 2. The van der Waals surface area contributed by atoms with E-state index in [1.165, 1.54) is 0 Å². The number of carbonyl (C=O) groups is 1. The van der Waals surface area contributed by atoms with Crippen molar-refractivity contribution in [1.29, 1.82) is 0 Å². The first-order valence-electron chi connectivity index (χ1n) is 2.86. The molecule has 0 aliphatic carbocycles. The Labute approximate surface area is 61.7 Å². The minimum Gasteiger partial charge on any atom is -0.481 e. The molecule has 0 unspecified atom stereocenters. The summed E-state index contributed by atoms with van der Waals surface area (Å²) in [5.41, 5.74) is 0.388. The molecule has 0 aliphatic heterocycles. The lowest BCUT2D eigenvalue weighted by atomic mass is 10.2. The van der Waals surface area contributed by atoms with Crippen LogP contribution in [0.15, 0.2) is 12.4 Å². The van der Waals surface area contributed by atoms with Gasteiger partial charge >= 0.3 is 12.0 Å². The lowest BCUT2D eigenvalue weighted by Gasteiger charge is -1.92. The molecule has 0 fully saturated rings. The van der Waals surface area contributed by atoms with Gasteiger partial charge in [0.1, 0.15) is 0 Å². The summed E-state index contributed by atoms with van der Waals surface area (Å²) < 4.78 is 12.1. The fourth-order valence-electron chi connectivity index (χ4n) is 0.605. The predicted octanol–water partition coefficient (Wildman–Crippen LogP) is 0.243. The molecule has 0 radical (unpaired) electrons. The maximum absolute atomic E-state index is 12.1. The second-order valence-electron chi connectivity index (χ2n) is 1.93. The zero-order chi connectivity index (χ0) is 8.27. The van der Waals surface area contributed by atoms with Gasteiger partial charge in [0.25, 0.3) is 0 Å². The Morgan fingerprint density at radius 1 is 1.55 bits per heavy atom. The maximum atomic E-state index is 12.1. The van der Waals surface area contributed by atoms with E-state index in [0.29, 0.717) is 5.56 Å². The van der Waals surface area contributed by atoms with Crippen molar-refractivity contribution in [2.45, 2.75) is 6.42 Å². The Morgan fingerprint density at radius 2 is 2.09 bits per heavy atom. The minimum absolute atomic E-state index is 0.180. The molecule has 0 amide bonds. The highest BCUT2D eigenvalue weighted by molar-refractivity contribution is 5.69. The average Bonchev–Trinajstić information content (AvgIpc) is 1.93. The van der Waals surface area contributed by atoms with Gasteiger partial charge < -0.3 is 5.11 Å². The van der Waals surface area contributed by atoms with Gasteiger partial charge in [-0.2, -0.15) is 4.39 Å². The van der Waals surface area contributed by atoms with E-state index in [2.05, 4.69) is 9.97 Å². The molecular weight excluding hydrogens is 151 g/mol. The molecule has 0 bridgehead atoms. The number of hydrogen-bond acceptors (Lipinski definition) is 3. The van der Waals surface area contributed by atoms with Crippen molar-refractivity contribution < 1.29 is 14.3 Å². The normalized spacial score (nSPS) is 9.55. The summed E-state index contributed by atoms with van der Waals surface area (Å²) in [6, 6.07) is 0. The summed E-state index contributed by atoms with van der Waals surface area (Å²) >= 11 is 0. The van der Waals surface area contributed by atoms with E-state index in [0.717, 1.165) is 12.4 Å². The summed E-state index contributed by atoms with van der Waals surface area (Å²) in [5, 5.41) is 8.29. The highest BCUT2D eigenvalue weighted by Crippen LogP contribution is 1.95. The molecule has 0 saturated carbocycles. The Morgan fingerprint density at radius 3 is 2.55 bits per heavy atom. The van der Waals surface area contributed by atoms with E-state index in [1.807, 2.05) is 0 Å². The van der Waals surface area contributed by atoms with Crippen molar-refractivity contribution in [3.63, 3.8) is 0 Å². The van der Waals surface area contributed by atoms with Crippen molar-refractivity contribution >= 4 is 5.97 Å². The number of nitrogens with zero attached hydrogens (tertiary/aromatic N) is 2. The molecule has 0 atom stereocenters. The third-order valence-corrected chi connectivity index (χ3v) is 1.03. The molecule has 58 valence electrons. The molecule has 0 aromatic carbocycles. The van der Waals surface area contributed by atoms with Crippen LogP contribution in [0.4, 0.5) is 4.39 Å². The van der Waals surface area contributed by atoms with E-state index in [9.17, 15) is 9.18 Å². The fourth-order valence-corrected chi connectivity index (χ4v) is 0.605. The van der Waals surface area contributed by atoms with Crippen LogP contribution in [0, 0.1) is 6.08 Å². The highest BCUT2D eigenvalue weighted by Gasteiger charge is 2.00. The van der Waals surface area contributed by atoms with Crippen molar-refractivity contribution in [2.24, 2.45) is 0 Å². The van der Waals surface area contributed by atoms with Crippen LogP contribution in [0.25, 0.3) is 0 Å². The smallest absolute Gasteiger partial charge is 0.308 e. The Balaban J connectivity index is 2.74. The molecule has 0 aliphatic rings. The number of rotatable bonds is 2. The number of carboxylic acids is 1. The molecule has 0 saturated heterocycles. The van der Waals surface area contributed by atoms with Crippen LogP contribution >= 0.6 is 0 Å². The van der Waals surface area contributed by atoms with Crippen molar-refractivity contribution in [1.82, 2.24) is 9.97 Å². The van der Waals surface area contributed by atoms with Gasteiger partial charge in [0.05, 0.1) is 6.42 Å². The third-order valence-electron chi connectivity index (χ3n) is 1.03. The molecule has 11 heavy (non-hydrogen) atoms. The van der Waals surface area contributed by atoms with E-state index in [1.54, 1.807) is 0 Å². The zero-order valence-electron chi connectivity index (χ0n) is 5.49. The molecule has 4 nitrogen and oxygen atoms in total. The van der Waals surface area contributed by atoms with Gasteiger partial charge in [0, 0.05) is 18.0 Å². The topological polar surface area (TPSA) is 63.1 Å². The zero-order valence-corrected chi connectivity index (χ0v) is 5.49. The summed E-state index contributed by atoms with van der Waals surface area (Å²) in [7, 11) is 0. The van der Waals surface area contributed by atoms with Crippen molar-refractivity contribution in [3.05, 3.63) is 24.0 Å². The molecule has 1 aromatic heterocycles. The number of carboxylic acid groups (broad SMARTS) is 1. The van der Waals surface area contributed by atoms with Gasteiger partial charge in [-0.1, -0.05) is 0 Å². The monoisotopic (exact) mass is 156 g/mol. The van der Waals surface area contributed by atoms with Gasteiger partial charge in [-0.25, -0.2) is 9.97 Å². The lowest BCUT2D eigenvalue weighted by molar-refractivity contribution is -0.136. The molecule has 1 aromatic rings. The van der Waals surface area contributed by atoms with Gasteiger partial charge in [0.15, 0.2) is 0 Å². The SMILES string of the molecule is O=C(O)Cc1cnc(F)nc1. The van der Waals surface area contributed by atoms with Gasteiger partial charge in [-0.3, -0.25) is 4.79 Å². The third kappa shape index (κ3) is 2.29. The largest absolute Gasteiger partial charge is 0.481 e. The summed E-state index contributed by atoms with van der Waals surface area (Å²) in [6.45, 7) is 0. The van der Waals surface area contributed by atoms with E-state index >= 15 is 0 Å². The maximum Gasteiger partial charge on any atom is 0.308 e. The van der Waals surface area contributed by atoms with E-state index in [4.69, 9.17) is 5.11 Å². The highest BCUT2D eigenvalue weighted by atomic mass is 19.1. The second kappa shape index (κ2) is 3.05. The van der Waals surface area contributed by atoms with Crippen LogP contribution < -0.4 is 0 Å². The van der Waals surface area contributed by atoms with Crippen LogP contribution in [0.2, 0.25) is 0 Å². The quantitative estimate of drug-likeness (QED) is 0.623. The molecule has 1 rings (SSSR count). The van der Waals surface area contributed by atoms with Crippen LogP contribution in [-0.4, -0.2) is 21.0 Å². The number of halogens is 1. The first-order valence-corrected chi connectivity index (χ1v) is 2.86. The summed E-state index contributed by atoms with van der Waals surface area (Å²) in [6.07, 6.45) is 1.27. The van der Waals surface area contributed by atoms with Gasteiger partial charge in [-0.05, 0) is 0 Å². The first-order chi connectivity index (χ1) is 5.18. The molecule has 0 spiro atoms. The Bertz CT molecular complexity index is 260. The van der Waals surface area contributed by atoms with Crippen molar-refractivity contribution in [2.75, 3.05) is 0 Å². The van der Waals surface area contributed by atoms with E-state index < -0.39 is 12.0 Å². The summed E-state index contributed by atoms with van der Waals surface area (Å²) in [4.78, 5) is 16.5. The minimum atomic E-state index is -0.986. The van der Waals surface area contributed by atoms with Crippen LogP contribution in [0.5, 0.6) is 0 Å². The second-order valence-corrected chi connectivity index (χ2v) is 1.93. The predicted molar refractivity (Wildman–Crippen MR) is 33.3 cm³/mol. The molecule has 1 N–H and O–H groups in total. The lowest BCUT2D eigenvalue weighted by Crippen LogP contribution is -2.01. The molecule has 5 heteroatoms. The number of aliphatic carboxylic acids is 1. The Kier molecular flexibility index (Phi) is 2.10. The average molecular weight is 156 g/mol. The number of hydrogen-bond donors (Lipinski definition) is 1. The standard InChI is InChI=1S/C6H5FN2O2/c7-6-8-2-4(3-9-6)1-5(10)11/h2-3H,1H2,(H,10,11). The fraction of sp³-hybridized carbons (Fsp3) is 0.167. The van der Waals surface area contributed by atoms with Gasteiger partial charge in [0.2, 0.25) is 0 Å². The Hall–Kier alpha value is -1.52. The van der Waals surface area contributed by atoms with Crippen LogP contribution in [-0.2, 0) is 11.2 Å². The van der Waals surface area contributed by atoms with E-state index in [-0.39, 0.29) is 6.42 Å². The van der Waals surface area contributed by atoms with Crippen molar-refractivity contribution in [3.8, 4) is 0 Å². The van der Waals surface area contributed by atoms with Crippen LogP contribution in [0.1, 0.15) is 5.56 Å². The van der Waals surface area contributed by atoms with Crippen LogP contribution in [0.3, 0.4) is 0 Å². The van der Waals surface area contributed by atoms with Gasteiger partial charge in [-0.15, -0.1) is 0 Å².